The Labute approximate surface area is 117 Å². The predicted octanol–water partition coefficient (Wildman–Crippen LogP) is 1.78. The van der Waals surface area contributed by atoms with Gasteiger partial charge in [0.1, 0.15) is 0 Å². The molecular formula is C15H31N3O. The zero-order valence-corrected chi connectivity index (χ0v) is 12.6. The molecule has 0 aromatic rings. The van der Waals surface area contributed by atoms with Gasteiger partial charge in [-0.05, 0) is 31.6 Å². The summed E-state index contributed by atoms with van der Waals surface area (Å²) in [4.78, 5) is 12.5. The molecule has 0 aliphatic heterocycles. The van der Waals surface area contributed by atoms with Crippen molar-refractivity contribution in [2.24, 2.45) is 22.8 Å². The van der Waals surface area contributed by atoms with Gasteiger partial charge in [-0.25, -0.2) is 0 Å². The van der Waals surface area contributed by atoms with Crippen molar-refractivity contribution in [2.75, 3.05) is 13.1 Å². The summed E-state index contributed by atoms with van der Waals surface area (Å²) in [5.74, 6) is 0.646. The highest BCUT2D eigenvalue weighted by Gasteiger charge is 2.35. The van der Waals surface area contributed by atoms with Gasteiger partial charge in [0.15, 0.2) is 0 Å². The minimum atomic E-state index is -0.415. The Kier molecular flexibility index (Phi) is 6.80. The summed E-state index contributed by atoms with van der Waals surface area (Å²) in [5.41, 5.74) is 11.3. The van der Waals surface area contributed by atoms with E-state index in [9.17, 15) is 4.79 Å². The smallest absolute Gasteiger partial charge is 0.227 e. The highest BCUT2D eigenvalue weighted by Crippen LogP contribution is 2.29. The average Bonchev–Trinajstić information content (AvgIpc) is 2.48. The molecule has 1 rings (SSSR count). The van der Waals surface area contributed by atoms with Crippen LogP contribution >= 0.6 is 0 Å². The fraction of sp³-hybridized carbons (Fsp3) is 0.933. The first kappa shape index (κ1) is 16.4. The van der Waals surface area contributed by atoms with Crippen LogP contribution in [-0.4, -0.2) is 25.0 Å². The van der Waals surface area contributed by atoms with Gasteiger partial charge in [-0.2, -0.15) is 0 Å². The van der Waals surface area contributed by atoms with Gasteiger partial charge in [-0.15, -0.1) is 0 Å². The Bertz CT molecular complexity index is 262. The van der Waals surface area contributed by atoms with Gasteiger partial charge in [0, 0.05) is 19.1 Å². The molecule has 0 aromatic carbocycles. The van der Waals surface area contributed by atoms with E-state index >= 15 is 0 Å². The van der Waals surface area contributed by atoms with Crippen LogP contribution in [0.1, 0.15) is 58.8 Å². The molecule has 0 bridgehead atoms. The molecule has 112 valence electrons. The van der Waals surface area contributed by atoms with Crippen LogP contribution in [0, 0.1) is 11.3 Å². The Morgan fingerprint density at radius 2 is 1.79 bits per heavy atom. The van der Waals surface area contributed by atoms with E-state index in [1.54, 1.807) is 0 Å². The number of hydrogen-bond acceptors (Lipinski definition) is 3. The van der Waals surface area contributed by atoms with E-state index in [2.05, 4.69) is 5.32 Å². The van der Waals surface area contributed by atoms with Crippen LogP contribution in [0.15, 0.2) is 0 Å². The fourth-order valence-electron chi connectivity index (χ4n) is 3.18. The molecular weight excluding hydrogens is 238 g/mol. The minimum absolute atomic E-state index is 0.0982. The predicted molar refractivity (Wildman–Crippen MR) is 79.6 cm³/mol. The van der Waals surface area contributed by atoms with Gasteiger partial charge in [0.05, 0.1) is 5.41 Å². The molecule has 19 heavy (non-hydrogen) atoms. The van der Waals surface area contributed by atoms with E-state index < -0.39 is 5.41 Å². The topological polar surface area (TPSA) is 81.1 Å². The van der Waals surface area contributed by atoms with E-state index in [-0.39, 0.29) is 11.9 Å². The molecule has 5 N–H and O–H groups in total. The summed E-state index contributed by atoms with van der Waals surface area (Å²) in [6, 6.07) is 0.122. The number of nitrogens with two attached hydrogens (primary N) is 2. The molecule has 1 atom stereocenters. The summed E-state index contributed by atoms with van der Waals surface area (Å²) in [6.07, 6.45) is 7.80. The molecule has 1 aliphatic carbocycles. The number of carbonyl (C=O) groups is 1. The first-order valence-electron chi connectivity index (χ1n) is 7.84. The maximum absolute atomic E-state index is 12.5. The zero-order chi connectivity index (χ0) is 14.3. The Morgan fingerprint density at radius 3 is 2.21 bits per heavy atom. The summed E-state index contributed by atoms with van der Waals surface area (Å²) in [6.45, 7) is 5.01. The van der Waals surface area contributed by atoms with Gasteiger partial charge >= 0.3 is 0 Å². The van der Waals surface area contributed by atoms with Crippen LogP contribution in [0.2, 0.25) is 0 Å². The van der Waals surface area contributed by atoms with Crippen molar-refractivity contribution in [3.63, 3.8) is 0 Å². The molecule has 4 nitrogen and oxygen atoms in total. The molecule has 0 radical (unpaired) electrons. The van der Waals surface area contributed by atoms with E-state index in [1.807, 2.05) is 13.8 Å². The lowest BCUT2D eigenvalue weighted by molar-refractivity contribution is -0.132. The van der Waals surface area contributed by atoms with Crippen LogP contribution in [-0.2, 0) is 4.79 Å². The first-order valence-corrected chi connectivity index (χ1v) is 7.84. The minimum Gasteiger partial charge on any atom is -0.351 e. The summed E-state index contributed by atoms with van der Waals surface area (Å²) >= 11 is 0. The molecule has 1 aliphatic rings. The lowest BCUT2D eigenvalue weighted by Gasteiger charge is -2.35. The van der Waals surface area contributed by atoms with E-state index in [0.717, 1.165) is 12.8 Å². The second kappa shape index (κ2) is 7.85. The number of amides is 1. The van der Waals surface area contributed by atoms with Gasteiger partial charge in [-0.3, -0.25) is 4.79 Å². The Balaban J connectivity index is 2.65. The van der Waals surface area contributed by atoms with Gasteiger partial charge in [0.2, 0.25) is 5.91 Å². The zero-order valence-electron chi connectivity index (χ0n) is 12.6. The SMILES string of the molecule is CCC(CC)(CN)C(=O)NC(CN)C1CCCCC1. The maximum atomic E-state index is 12.5. The molecule has 1 fully saturated rings. The van der Waals surface area contributed by atoms with Crippen molar-refractivity contribution >= 4 is 5.91 Å². The van der Waals surface area contributed by atoms with E-state index in [4.69, 9.17) is 11.5 Å². The quantitative estimate of drug-likeness (QED) is 0.659. The van der Waals surface area contributed by atoms with Crippen molar-refractivity contribution in [3.8, 4) is 0 Å². The molecule has 0 heterocycles. The molecule has 1 saturated carbocycles. The Morgan fingerprint density at radius 1 is 1.21 bits per heavy atom. The lowest BCUT2D eigenvalue weighted by atomic mass is 9.79. The highest BCUT2D eigenvalue weighted by atomic mass is 16.2. The summed E-state index contributed by atoms with van der Waals surface area (Å²) in [5, 5.41) is 3.19. The number of nitrogens with one attached hydrogen (secondary N) is 1. The van der Waals surface area contributed by atoms with Crippen molar-refractivity contribution in [2.45, 2.75) is 64.8 Å². The van der Waals surface area contributed by atoms with Crippen molar-refractivity contribution < 1.29 is 4.79 Å². The van der Waals surface area contributed by atoms with Crippen LogP contribution in [0.5, 0.6) is 0 Å². The summed E-state index contributed by atoms with van der Waals surface area (Å²) in [7, 11) is 0. The maximum Gasteiger partial charge on any atom is 0.227 e. The lowest BCUT2D eigenvalue weighted by Crippen LogP contribution is -2.53. The average molecular weight is 269 g/mol. The van der Waals surface area contributed by atoms with E-state index in [0.29, 0.717) is 19.0 Å². The summed E-state index contributed by atoms with van der Waals surface area (Å²) < 4.78 is 0. The molecule has 0 aromatic heterocycles. The molecule has 0 saturated heterocycles. The fourth-order valence-corrected chi connectivity index (χ4v) is 3.18. The Hall–Kier alpha value is -0.610. The number of hydrogen-bond donors (Lipinski definition) is 3. The highest BCUT2D eigenvalue weighted by molar-refractivity contribution is 5.83. The third-order valence-electron chi connectivity index (χ3n) is 5.02. The molecule has 1 amide bonds. The second-order valence-corrected chi connectivity index (χ2v) is 5.91. The van der Waals surface area contributed by atoms with E-state index in [1.165, 1.54) is 32.1 Å². The number of rotatable bonds is 7. The van der Waals surface area contributed by atoms with Gasteiger partial charge < -0.3 is 16.8 Å². The van der Waals surface area contributed by atoms with Gasteiger partial charge in [0.25, 0.3) is 0 Å². The van der Waals surface area contributed by atoms with Crippen LogP contribution in [0.25, 0.3) is 0 Å². The first-order chi connectivity index (χ1) is 9.13. The van der Waals surface area contributed by atoms with Crippen molar-refractivity contribution in [1.82, 2.24) is 5.32 Å². The third-order valence-corrected chi connectivity index (χ3v) is 5.02. The van der Waals surface area contributed by atoms with Gasteiger partial charge in [-0.1, -0.05) is 33.1 Å². The normalized spacial score (nSPS) is 19.2. The molecule has 0 spiro atoms. The standard InChI is InChI=1S/C15H31N3O/c1-3-15(4-2,11-17)14(19)18-13(10-16)12-8-6-5-7-9-12/h12-13H,3-11,16-17H2,1-2H3,(H,18,19). The van der Waals surface area contributed by atoms with Crippen LogP contribution in [0.4, 0.5) is 0 Å². The van der Waals surface area contributed by atoms with Crippen LogP contribution in [0.3, 0.4) is 0 Å². The van der Waals surface area contributed by atoms with Crippen LogP contribution < -0.4 is 16.8 Å². The monoisotopic (exact) mass is 269 g/mol. The number of carbonyl (C=O) groups excluding carboxylic acids is 1. The molecule has 1 unspecified atom stereocenters. The van der Waals surface area contributed by atoms with Crippen molar-refractivity contribution in [1.29, 1.82) is 0 Å². The third kappa shape index (κ3) is 3.93. The molecule has 4 heteroatoms. The largest absolute Gasteiger partial charge is 0.351 e. The van der Waals surface area contributed by atoms with Crippen molar-refractivity contribution in [3.05, 3.63) is 0 Å². The second-order valence-electron chi connectivity index (χ2n) is 5.91.